The van der Waals surface area contributed by atoms with Crippen molar-refractivity contribution in [2.45, 2.75) is 52.5 Å². The molecule has 0 aliphatic rings. The van der Waals surface area contributed by atoms with E-state index in [0.717, 1.165) is 17.7 Å². The van der Waals surface area contributed by atoms with Crippen molar-refractivity contribution in [3.05, 3.63) is 68.0 Å². The SMILES string of the molecule is CCC(C)n1c(=O)[nH]c(Cc2ccccc2)c(C(C)C)c1=O. The Morgan fingerprint density at radius 2 is 1.73 bits per heavy atom. The van der Waals surface area contributed by atoms with Crippen LogP contribution in [0.2, 0.25) is 0 Å². The predicted octanol–water partition coefficient (Wildman–Crippen LogP) is 3.22. The first kappa shape index (κ1) is 16.3. The van der Waals surface area contributed by atoms with Crippen LogP contribution in [-0.2, 0) is 6.42 Å². The average molecular weight is 300 g/mol. The van der Waals surface area contributed by atoms with Gasteiger partial charge in [0.15, 0.2) is 0 Å². The van der Waals surface area contributed by atoms with Crippen molar-refractivity contribution in [1.29, 1.82) is 0 Å². The first-order chi connectivity index (χ1) is 10.5. The minimum atomic E-state index is -0.310. The van der Waals surface area contributed by atoms with E-state index in [1.165, 1.54) is 4.57 Å². The molecule has 1 aromatic heterocycles. The second-order valence-electron chi connectivity index (χ2n) is 6.07. The van der Waals surface area contributed by atoms with E-state index >= 15 is 0 Å². The van der Waals surface area contributed by atoms with Gasteiger partial charge < -0.3 is 4.98 Å². The monoisotopic (exact) mass is 300 g/mol. The van der Waals surface area contributed by atoms with Crippen LogP contribution in [0.4, 0.5) is 0 Å². The Hall–Kier alpha value is -2.10. The molecule has 1 atom stereocenters. The van der Waals surface area contributed by atoms with Crippen LogP contribution >= 0.6 is 0 Å². The zero-order valence-corrected chi connectivity index (χ0v) is 13.7. The molecule has 118 valence electrons. The number of benzene rings is 1. The van der Waals surface area contributed by atoms with Crippen molar-refractivity contribution in [3.8, 4) is 0 Å². The molecule has 0 aliphatic carbocycles. The average Bonchev–Trinajstić information content (AvgIpc) is 2.47. The van der Waals surface area contributed by atoms with Crippen molar-refractivity contribution in [2.75, 3.05) is 0 Å². The van der Waals surface area contributed by atoms with Gasteiger partial charge in [0.25, 0.3) is 5.56 Å². The number of aromatic nitrogens is 2. The molecule has 1 N–H and O–H groups in total. The van der Waals surface area contributed by atoms with E-state index in [-0.39, 0.29) is 23.2 Å². The Morgan fingerprint density at radius 3 is 2.27 bits per heavy atom. The van der Waals surface area contributed by atoms with Crippen molar-refractivity contribution >= 4 is 0 Å². The highest BCUT2D eigenvalue weighted by atomic mass is 16.2. The molecule has 2 aromatic rings. The topological polar surface area (TPSA) is 54.9 Å². The maximum atomic E-state index is 12.8. The molecule has 4 nitrogen and oxygen atoms in total. The highest BCUT2D eigenvalue weighted by Gasteiger charge is 2.19. The molecule has 0 saturated heterocycles. The van der Waals surface area contributed by atoms with Gasteiger partial charge in [0.2, 0.25) is 0 Å². The maximum Gasteiger partial charge on any atom is 0.328 e. The highest BCUT2D eigenvalue weighted by Crippen LogP contribution is 2.17. The summed E-state index contributed by atoms with van der Waals surface area (Å²) in [7, 11) is 0. The largest absolute Gasteiger partial charge is 0.328 e. The van der Waals surface area contributed by atoms with Gasteiger partial charge in [-0.2, -0.15) is 0 Å². The highest BCUT2D eigenvalue weighted by molar-refractivity contribution is 5.28. The number of nitrogens with zero attached hydrogens (tertiary/aromatic N) is 1. The molecule has 1 unspecified atom stereocenters. The lowest BCUT2D eigenvalue weighted by atomic mass is 9.98. The Balaban J connectivity index is 2.60. The fourth-order valence-corrected chi connectivity index (χ4v) is 2.73. The molecule has 2 rings (SSSR count). The summed E-state index contributed by atoms with van der Waals surface area (Å²) in [6, 6.07) is 9.78. The number of aromatic amines is 1. The molecular weight excluding hydrogens is 276 g/mol. The Morgan fingerprint density at radius 1 is 1.09 bits per heavy atom. The molecule has 22 heavy (non-hydrogen) atoms. The van der Waals surface area contributed by atoms with Crippen molar-refractivity contribution in [2.24, 2.45) is 0 Å². The third-order valence-corrected chi connectivity index (χ3v) is 4.08. The van der Waals surface area contributed by atoms with Crippen molar-refractivity contribution in [1.82, 2.24) is 9.55 Å². The van der Waals surface area contributed by atoms with Gasteiger partial charge in [-0.25, -0.2) is 4.79 Å². The van der Waals surface area contributed by atoms with Crippen molar-refractivity contribution in [3.63, 3.8) is 0 Å². The van der Waals surface area contributed by atoms with E-state index in [1.807, 2.05) is 58.0 Å². The molecule has 0 bridgehead atoms. The number of nitrogens with one attached hydrogen (secondary N) is 1. The molecule has 0 fully saturated rings. The van der Waals surface area contributed by atoms with Gasteiger partial charge in [-0.3, -0.25) is 9.36 Å². The standard InChI is InChI=1S/C18H24N2O2/c1-5-13(4)20-17(21)16(12(2)3)15(19-18(20)22)11-14-9-7-6-8-10-14/h6-10,12-13H,5,11H2,1-4H3,(H,19,22). The second-order valence-corrected chi connectivity index (χ2v) is 6.07. The molecule has 4 heteroatoms. The van der Waals surface area contributed by atoms with Crippen LogP contribution in [0, 0.1) is 0 Å². The lowest BCUT2D eigenvalue weighted by Crippen LogP contribution is -2.40. The number of rotatable bonds is 5. The van der Waals surface area contributed by atoms with Crippen LogP contribution in [0.3, 0.4) is 0 Å². The summed E-state index contributed by atoms with van der Waals surface area (Å²) in [4.78, 5) is 28.1. The lowest BCUT2D eigenvalue weighted by Gasteiger charge is -2.18. The minimum absolute atomic E-state index is 0.0679. The van der Waals surface area contributed by atoms with Gasteiger partial charge in [0, 0.05) is 23.7 Å². The van der Waals surface area contributed by atoms with E-state index < -0.39 is 0 Å². The van der Waals surface area contributed by atoms with Gasteiger partial charge in [-0.15, -0.1) is 0 Å². The van der Waals surface area contributed by atoms with Crippen molar-refractivity contribution < 1.29 is 0 Å². The lowest BCUT2D eigenvalue weighted by molar-refractivity contribution is 0.480. The fraction of sp³-hybridized carbons (Fsp3) is 0.444. The molecule has 1 heterocycles. The predicted molar refractivity (Wildman–Crippen MR) is 89.7 cm³/mol. The van der Waals surface area contributed by atoms with Crippen LogP contribution < -0.4 is 11.2 Å². The minimum Gasteiger partial charge on any atom is -0.310 e. The van der Waals surface area contributed by atoms with Crippen LogP contribution in [0.1, 0.15) is 62.9 Å². The first-order valence-electron chi connectivity index (χ1n) is 7.87. The number of hydrogen-bond acceptors (Lipinski definition) is 2. The molecular formula is C18H24N2O2. The summed E-state index contributed by atoms with van der Waals surface area (Å²) < 4.78 is 1.35. The summed E-state index contributed by atoms with van der Waals surface area (Å²) in [6.07, 6.45) is 1.32. The Bertz CT molecular complexity index is 742. The summed E-state index contributed by atoms with van der Waals surface area (Å²) in [5.41, 5.74) is 2.06. The number of hydrogen-bond donors (Lipinski definition) is 1. The zero-order valence-electron chi connectivity index (χ0n) is 13.7. The molecule has 1 aromatic carbocycles. The van der Waals surface area contributed by atoms with Crippen LogP contribution in [-0.4, -0.2) is 9.55 Å². The summed E-state index contributed by atoms with van der Waals surface area (Å²) in [6.45, 7) is 7.86. The first-order valence-corrected chi connectivity index (χ1v) is 7.87. The van der Waals surface area contributed by atoms with E-state index in [1.54, 1.807) is 0 Å². The normalized spacial score (nSPS) is 12.6. The zero-order chi connectivity index (χ0) is 16.3. The van der Waals surface area contributed by atoms with Gasteiger partial charge in [0.1, 0.15) is 0 Å². The third-order valence-electron chi connectivity index (χ3n) is 4.08. The molecule has 0 saturated carbocycles. The van der Waals surface area contributed by atoms with Gasteiger partial charge in [-0.05, 0) is 24.8 Å². The number of H-pyrrole nitrogens is 1. The molecule has 0 amide bonds. The van der Waals surface area contributed by atoms with E-state index in [2.05, 4.69) is 4.98 Å². The Labute approximate surface area is 130 Å². The van der Waals surface area contributed by atoms with Gasteiger partial charge >= 0.3 is 5.69 Å². The Kier molecular flexibility index (Phi) is 5.01. The van der Waals surface area contributed by atoms with Crippen LogP contribution in [0.15, 0.2) is 39.9 Å². The molecule has 0 radical (unpaired) electrons. The summed E-state index contributed by atoms with van der Waals surface area (Å²) in [5.74, 6) is 0.0679. The van der Waals surface area contributed by atoms with E-state index in [0.29, 0.717) is 12.0 Å². The van der Waals surface area contributed by atoms with E-state index in [4.69, 9.17) is 0 Å². The summed E-state index contributed by atoms with van der Waals surface area (Å²) in [5, 5.41) is 0. The van der Waals surface area contributed by atoms with Crippen LogP contribution in [0.5, 0.6) is 0 Å². The second kappa shape index (κ2) is 6.77. The van der Waals surface area contributed by atoms with E-state index in [9.17, 15) is 9.59 Å². The quantitative estimate of drug-likeness (QED) is 0.921. The fourth-order valence-electron chi connectivity index (χ4n) is 2.73. The van der Waals surface area contributed by atoms with Gasteiger partial charge in [0.05, 0.1) is 0 Å². The van der Waals surface area contributed by atoms with Crippen LogP contribution in [0.25, 0.3) is 0 Å². The molecule has 0 aliphatic heterocycles. The smallest absolute Gasteiger partial charge is 0.310 e. The third kappa shape index (κ3) is 3.21. The summed E-state index contributed by atoms with van der Waals surface area (Å²) >= 11 is 0. The van der Waals surface area contributed by atoms with Gasteiger partial charge in [-0.1, -0.05) is 51.1 Å². The maximum absolute atomic E-state index is 12.8. The molecule has 0 spiro atoms.